The monoisotopic (exact) mass is 324 g/mol. The number of nitrogens with zero attached hydrogens (tertiary/aromatic N) is 4. The first kappa shape index (κ1) is 15.1. The van der Waals surface area contributed by atoms with Gasteiger partial charge in [-0.3, -0.25) is 4.98 Å². The molecule has 1 aliphatic rings. The molecule has 0 unspecified atom stereocenters. The Bertz CT molecular complexity index is 721. The first-order valence-corrected chi connectivity index (χ1v) is 7.35. The Morgan fingerprint density at radius 1 is 1.27 bits per heavy atom. The molecular formula is C15H15ClF2N4. The maximum Gasteiger partial charge on any atom is 0.265 e. The summed E-state index contributed by atoms with van der Waals surface area (Å²) in [4.78, 5) is 14.8. The van der Waals surface area contributed by atoms with Crippen LogP contribution in [0, 0.1) is 13.8 Å². The Balaban J connectivity index is 1.95. The fourth-order valence-corrected chi connectivity index (χ4v) is 2.84. The predicted octanol–water partition coefficient (Wildman–Crippen LogP) is 3.64. The normalized spacial score (nSPS) is 14.4. The molecule has 0 bridgehead atoms. The Hall–Kier alpha value is -1.82. The summed E-state index contributed by atoms with van der Waals surface area (Å²) < 4.78 is 25.7. The first-order valence-electron chi connectivity index (χ1n) is 6.97. The van der Waals surface area contributed by atoms with Gasteiger partial charge in [-0.15, -0.1) is 0 Å². The Morgan fingerprint density at radius 2 is 2.05 bits per heavy atom. The molecule has 0 N–H and O–H groups in total. The molecule has 0 aromatic carbocycles. The van der Waals surface area contributed by atoms with Crippen LogP contribution in [0.25, 0.3) is 0 Å². The highest BCUT2D eigenvalue weighted by Gasteiger charge is 2.22. The summed E-state index contributed by atoms with van der Waals surface area (Å²) in [6, 6.07) is 1.53. The molecule has 2 aromatic heterocycles. The lowest BCUT2D eigenvalue weighted by Gasteiger charge is -2.30. The van der Waals surface area contributed by atoms with Crippen LogP contribution >= 0.6 is 11.6 Å². The van der Waals surface area contributed by atoms with E-state index in [4.69, 9.17) is 11.6 Å². The molecule has 0 atom stereocenters. The van der Waals surface area contributed by atoms with Crippen LogP contribution in [0.15, 0.2) is 12.3 Å². The third kappa shape index (κ3) is 2.75. The van der Waals surface area contributed by atoms with Crippen molar-refractivity contribution in [3.05, 3.63) is 45.6 Å². The van der Waals surface area contributed by atoms with Crippen LogP contribution in [0.5, 0.6) is 0 Å². The van der Waals surface area contributed by atoms with E-state index in [1.54, 1.807) is 6.92 Å². The van der Waals surface area contributed by atoms with Gasteiger partial charge < -0.3 is 4.90 Å². The van der Waals surface area contributed by atoms with E-state index in [0.29, 0.717) is 23.9 Å². The smallest absolute Gasteiger partial charge is 0.265 e. The molecule has 116 valence electrons. The highest BCUT2D eigenvalue weighted by Crippen LogP contribution is 2.29. The van der Waals surface area contributed by atoms with E-state index in [0.717, 1.165) is 29.2 Å². The summed E-state index contributed by atoms with van der Waals surface area (Å²) in [6.07, 6.45) is -0.555. The van der Waals surface area contributed by atoms with Gasteiger partial charge in [0.25, 0.3) is 6.43 Å². The van der Waals surface area contributed by atoms with E-state index in [1.807, 2.05) is 11.8 Å². The zero-order valence-corrected chi connectivity index (χ0v) is 13.0. The van der Waals surface area contributed by atoms with Crippen molar-refractivity contribution in [2.75, 3.05) is 11.4 Å². The number of aromatic nitrogens is 3. The minimum absolute atomic E-state index is 0.0470. The summed E-state index contributed by atoms with van der Waals surface area (Å²) in [5, 5.41) is 0.424. The van der Waals surface area contributed by atoms with Gasteiger partial charge in [-0.2, -0.15) is 0 Å². The molecule has 0 spiro atoms. The van der Waals surface area contributed by atoms with Gasteiger partial charge in [0, 0.05) is 42.5 Å². The molecule has 0 saturated heterocycles. The fraction of sp³-hybridized carbons (Fsp3) is 0.400. The van der Waals surface area contributed by atoms with E-state index in [-0.39, 0.29) is 5.56 Å². The summed E-state index contributed by atoms with van der Waals surface area (Å²) in [6.45, 7) is 4.86. The number of anilines is 1. The van der Waals surface area contributed by atoms with Gasteiger partial charge in [0.1, 0.15) is 16.8 Å². The Kier molecular flexibility index (Phi) is 3.95. The topological polar surface area (TPSA) is 41.9 Å². The van der Waals surface area contributed by atoms with Crippen molar-refractivity contribution in [1.29, 1.82) is 0 Å². The number of fused-ring (bicyclic) bond motifs is 1. The van der Waals surface area contributed by atoms with E-state index in [2.05, 4.69) is 15.0 Å². The number of hydrogen-bond donors (Lipinski definition) is 0. The van der Waals surface area contributed by atoms with Crippen molar-refractivity contribution in [2.24, 2.45) is 0 Å². The van der Waals surface area contributed by atoms with Crippen LogP contribution in [0.2, 0.25) is 5.15 Å². The van der Waals surface area contributed by atoms with Crippen molar-refractivity contribution >= 4 is 17.4 Å². The molecule has 0 saturated carbocycles. The predicted molar refractivity (Wildman–Crippen MR) is 80.5 cm³/mol. The number of halogens is 3. The van der Waals surface area contributed by atoms with Crippen molar-refractivity contribution in [2.45, 2.75) is 33.2 Å². The first-order chi connectivity index (χ1) is 10.5. The molecule has 2 aromatic rings. The largest absolute Gasteiger partial charge is 0.351 e. The molecule has 0 radical (unpaired) electrons. The second kappa shape index (κ2) is 5.76. The second-order valence-corrected chi connectivity index (χ2v) is 5.71. The van der Waals surface area contributed by atoms with Crippen molar-refractivity contribution < 1.29 is 8.78 Å². The van der Waals surface area contributed by atoms with Crippen molar-refractivity contribution in [3.8, 4) is 0 Å². The van der Waals surface area contributed by atoms with Gasteiger partial charge in [0.05, 0.1) is 0 Å². The van der Waals surface area contributed by atoms with Crippen LogP contribution in [-0.4, -0.2) is 21.5 Å². The maximum atomic E-state index is 12.8. The quantitative estimate of drug-likeness (QED) is 0.791. The number of hydrogen-bond acceptors (Lipinski definition) is 4. The number of aryl methyl sites for hydroxylation is 1. The summed E-state index contributed by atoms with van der Waals surface area (Å²) >= 11 is 6.12. The van der Waals surface area contributed by atoms with E-state index in [1.165, 1.54) is 12.3 Å². The van der Waals surface area contributed by atoms with Crippen LogP contribution in [0.3, 0.4) is 0 Å². The lowest BCUT2D eigenvalue weighted by Crippen LogP contribution is -2.32. The molecule has 0 fully saturated rings. The second-order valence-electron chi connectivity index (χ2n) is 5.36. The molecule has 7 heteroatoms. The van der Waals surface area contributed by atoms with E-state index in [9.17, 15) is 8.78 Å². The van der Waals surface area contributed by atoms with Crippen molar-refractivity contribution in [1.82, 2.24) is 15.0 Å². The molecule has 0 aliphatic carbocycles. The highest BCUT2D eigenvalue weighted by atomic mass is 35.5. The van der Waals surface area contributed by atoms with E-state index >= 15 is 0 Å². The minimum Gasteiger partial charge on any atom is -0.351 e. The van der Waals surface area contributed by atoms with Crippen LogP contribution in [-0.2, 0) is 13.0 Å². The van der Waals surface area contributed by atoms with Gasteiger partial charge in [0.2, 0.25) is 0 Å². The van der Waals surface area contributed by atoms with Crippen molar-refractivity contribution in [3.63, 3.8) is 0 Å². The maximum absolute atomic E-state index is 12.8. The van der Waals surface area contributed by atoms with Gasteiger partial charge in [-0.1, -0.05) is 11.6 Å². The van der Waals surface area contributed by atoms with Gasteiger partial charge in [-0.25, -0.2) is 18.7 Å². The van der Waals surface area contributed by atoms with E-state index < -0.39 is 6.43 Å². The fourth-order valence-electron chi connectivity index (χ4n) is 2.63. The third-order valence-electron chi connectivity index (χ3n) is 3.78. The van der Waals surface area contributed by atoms with Gasteiger partial charge in [-0.05, 0) is 25.5 Å². The standard InChI is InChI=1S/C15H15ClF2N4/c1-8-13(16)20-9(2)21-15(8)22-4-3-12-11(7-22)5-10(6-19-12)14(17)18/h5-6,14H,3-4,7H2,1-2H3. The van der Waals surface area contributed by atoms with Gasteiger partial charge >= 0.3 is 0 Å². The van der Waals surface area contributed by atoms with Crippen LogP contribution in [0.4, 0.5) is 14.6 Å². The van der Waals surface area contributed by atoms with Crippen LogP contribution < -0.4 is 4.90 Å². The minimum atomic E-state index is -2.51. The van der Waals surface area contributed by atoms with Crippen LogP contribution in [0.1, 0.15) is 34.6 Å². The molecule has 4 nitrogen and oxygen atoms in total. The number of rotatable bonds is 2. The zero-order chi connectivity index (χ0) is 15.9. The zero-order valence-electron chi connectivity index (χ0n) is 12.3. The van der Waals surface area contributed by atoms with Gasteiger partial charge in [0.15, 0.2) is 0 Å². The molecule has 22 heavy (non-hydrogen) atoms. The molecule has 0 amide bonds. The molecule has 3 heterocycles. The average molecular weight is 325 g/mol. The molecule has 3 rings (SSSR count). The summed E-state index contributed by atoms with van der Waals surface area (Å²) in [5.41, 5.74) is 2.44. The lowest BCUT2D eigenvalue weighted by molar-refractivity contribution is 0.150. The number of alkyl halides is 2. The Labute approximate surface area is 132 Å². The Morgan fingerprint density at radius 3 is 2.77 bits per heavy atom. The molecule has 1 aliphatic heterocycles. The average Bonchev–Trinajstić information content (AvgIpc) is 2.49. The third-order valence-corrected chi connectivity index (χ3v) is 4.15. The SMILES string of the molecule is Cc1nc(Cl)c(C)c(N2CCc3ncc(C(F)F)cc3C2)n1. The summed E-state index contributed by atoms with van der Waals surface area (Å²) in [5.74, 6) is 1.35. The lowest BCUT2D eigenvalue weighted by atomic mass is 10.0. The summed E-state index contributed by atoms with van der Waals surface area (Å²) in [7, 11) is 0. The molecular weight excluding hydrogens is 310 g/mol. The highest BCUT2D eigenvalue weighted by molar-refractivity contribution is 6.30. The number of pyridine rings is 1.